The highest BCUT2D eigenvalue weighted by molar-refractivity contribution is 5.90. The van der Waals surface area contributed by atoms with Crippen LogP contribution in [0.4, 0.5) is 0 Å². The Balaban J connectivity index is 1.85. The number of carbonyl (C=O) groups is 2. The topological polar surface area (TPSA) is 63.6 Å². The smallest absolute Gasteiger partial charge is 0.355 e. The summed E-state index contributed by atoms with van der Waals surface area (Å²) in [6.45, 7) is 10.0. The molecule has 0 aromatic carbocycles. The van der Waals surface area contributed by atoms with Crippen molar-refractivity contribution in [1.29, 1.82) is 0 Å². The van der Waals surface area contributed by atoms with Gasteiger partial charge in [-0.15, -0.1) is 0 Å². The van der Waals surface area contributed by atoms with Crippen LogP contribution in [0.5, 0.6) is 0 Å². The van der Waals surface area contributed by atoms with Crippen molar-refractivity contribution < 1.29 is 14.3 Å². The number of nitrogens with one attached hydrogen (secondary N) is 1. The van der Waals surface area contributed by atoms with E-state index in [1.54, 1.807) is 6.92 Å². The van der Waals surface area contributed by atoms with Gasteiger partial charge in [-0.3, -0.25) is 4.79 Å². The standard InChI is InChI=1S/C20H33N3O3/c1-5-26-20(25)19-15(2)17(16(3)22(19)4)9-10-18(24)21-11-14-23-12-7-6-8-13-23/h5-14H2,1-4H3,(H,21,24). The molecule has 0 atom stereocenters. The molecular formula is C20H33N3O3. The second-order valence-corrected chi connectivity index (χ2v) is 7.07. The zero-order valence-electron chi connectivity index (χ0n) is 16.7. The number of esters is 1. The molecule has 1 aromatic heterocycles. The Labute approximate surface area is 156 Å². The molecule has 0 saturated carbocycles. The van der Waals surface area contributed by atoms with Gasteiger partial charge in [-0.25, -0.2) is 4.79 Å². The van der Waals surface area contributed by atoms with Crippen LogP contribution in [0.3, 0.4) is 0 Å². The molecule has 2 rings (SSSR count). The first-order valence-electron chi connectivity index (χ1n) is 9.76. The lowest BCUT2D eigenvalue weighted by atomic mass is 10.0. The molecule has 1 aliphatic heterocycles. The first-order chi connectivity index (χ1) is 12.5. The van der Waals surface area contributed by atoms with Crippen molar-refractivity contribution in [3.05, 3.63) is 22.5 Å². The summed E-state index contributed by atoms with van der Waals surface area (Å²) in [4.78, 5) is 26.8. The van der Waals surface area contributed by atoms with Gasteiger partial charge in [-0.2, -0.15) is 0 Å². The fourth-order valence-corrected chi connectivity index (χ4v) is 3.76. The van der Waals surface area contributed by atoms with Crippen molar-refractivity contribution in [2.75, 3.05) is 32.8 Å². The summed E-state index contributed by atoms with van der Waals surface area (Å²) in [7, 11) is 1.87. The van der Waals surface area contributed by atoms with Crippen LogP contribution in [-0.2, 0) is 23.0 Å². The quantitative estimate of drug-likeness (QED) is 0.720. The molecule has 6 nitrogen and oxygen atoms in total. The summed E-state index contributed by atoms with van der Waals surface area (Å²) in [6, 6.07) is 0. The zero-order valence-corrected chi connectivity index (χ0v) is 16.7. The lowest BCUT2D eigenvalue weighted by Gasteiger charge is -2.26. The molecule has 0 aliphatic carbocycles. The number of likely N-dealkylation sites (tertiary alicyclic amines) is 1. The highest BCUT2D eigenvalue weighted by atomic mass is 16.5. The van der Waals surface area contributed by atoms with Crippen molar-refractivity contribution in [3.8, 4) is 0 Å². The maximum atomic E-state index is 12.2. The minimum atomic E-state index is -0.298. The molecule has 0 bridgehead atoms. The van der Waals surface area contributed by atoms with Crippen LogP contribution < -0.4 is 5.32 Å². The van der Waals surface area contributed by atoms with Crippen LogP contribution in [-0.4, -0.2) is 54.1 Å². The first kappa shape index (κ1) is 20.5. The summed E-state index contributed by atoms with van der Waals surface area (Å²) in [6.07, 6.45) is 4.94. The Bertz CT molecular complexity index is 631. The van der Waals surface area contributed by atoms with Crippen molar-refractivity contribution >= 4 is 11.9 Å². The van der Waals surface area contributed by atoms with Gasteiger partial charge in [0, 0.05) is 32.3 Å². The number of hydrogen-bond acceptors (Lipinski definition) is 4. The average Bonchev–Trinajstić information content (AvgIpc) is 2.83. The van der Waals surface area contributed by atoms with Crippen molar-refractivity contribution in [3.63, 3.8) is 0 Å². The predicted octanol–water partition coefficient (Wildman–Crippen LogP) is 2.35. The highest BCUT2D eigenvalue weighted by Crippen LogP contribution is 2.23. The molecule has 26 heavy (non-hydrogen) atoms. The van der Waals surface area contributed by atoms with Gasteiger partial charge in [0.2, 0.25) is 5.91 Å². The number of aromatic nitrogens is 1. The van der Waals surface area contributed by atoms with E-state index in [-0.39, 0.29) is 11.9 Å². The third kappa shape index (κ3) is 5.10. The minimum absolute atomic E-state index is 0.0716. The Morgan fingerprint density at radius 2 is 1.85 bits per heavy atom. The van der Waals surface area contributed by atoms with E-state index in [2.05, 4.69) is 10.2 Å². The Morgan fingerprint density at radius 3 is 2.50 bits per heavy atom. The number of hydrogen-bond donors (Lipinski definition) is 1. The van der Waals surface area contributed by atoms with Crippen LogP contribution in [0, 0.1) is 13.8 Å². The van der Waals surface area contributed by atoms with Crippen LogP contribution in [0.25, 0.3) is 0 Å². The van der Waals surface area contributed by atoms with E-state index in [9.17, 15) is 9.59 Å². The van der Waals surface area contributed by atoms with Crippen LogP contribution in [0.15, 0.2) is 0 Å². The molecule has 146 valence electrons. The largest absolute Gasteiger partial charge is 0.461 e. The molecule has 1 fully saturated rings. The fraction of sp³-hybridized carbons (Fsp3) is 0.700. The van der Waals surface area contributed by atoms with E-state index in [0.717, 1.165) is 36.5 Å². The van der Waals surface area contributed by atoms with E-state index in [1.807, 2.05) is 25.5 Å². The molecule has 1 saturated heterocycles. The van der Waals surface area contributed by atoms with Crippen LogP contribution >= 0.6 is 0 Å². The van der Waals surface area contributed by atoms with Crippen LogP contribution in [0.2, 0.25) is 0 Å². The maximum absolute atomic E-state index is 12.2. The van der Waals surface area contributed by atoms with E-state index in [1.165, 1.54) is 19.3 Å². The molecule has 6 heteroatoms. The number of nitrogens with zero attached hydrogens (tertiary/aromatic N) is 2. The molecule has 2 heterocycles. The van der Waals surface area contributed by atoms with Gasteiger partial charge >= 0.3 is 5.97 Å². The van der Waals surface area contributed by atoms with Crippen molar-refractivity contribution in [2.24, 2.45) is 7.05 Å². The summed E-state index contributed by atoms with van der Waals surface area (Å²) < 4.78 is 7.02. The molecule has 1 amide bonds. The normalized spacial score (nSPS) is 15.1. The lowest BCUT2D eigenvalue weighted by molar-refractivity contribution is -0.121. The highest BCUT2D eigenvalue weighted by Gasteiger charge is 2.22. The third-order valence-electron chi connectivity index (χ3n) is 5.35. The average molecular weight is 364 g/mol. The molecule has 1 N–H and O–H groups in total. The minimum Gasteiger partial charge on any atom is -0.461 e. The first-order valence-corrected chi connectivity index (χ1v) is 9.76. The molecular weight excluding hydrogens is 330 g/mol. The van der Waals surface area contributed by atoms with Crippen LogP contribution in [0.1, 0.15) is 59.9 Å². The van der Waals surface area contributed by atoms with Gasteiger partial charge < -0.3 is 19.5 Å². The summed E-state index contributed by atoms with van der Waals surface area (Å²) in [5, 5.41) is 3.02. The Hall–Kier alpha value is -1.82. The zero-order chi connectivity index (χ0) is 19.1. The van der Waals surface area contributed by atoms with E-state index < -0.39 is 0 Å². The second kappa shape index (κ2) is 9.76. The SMILES string of the molecule is CCOC(=O)c1c(C)c(CCC(=O)NCCN2CCCCC2)c(C)n1C. The van der Waals surface area contributed by atoms with Gasteiger partial charge in [-0.1, -0.05) is 6.42 Å². The molecule has 1 aliphatic rings. The maximum Gasteiger partial charge on any atom is 0.355 e. The van der Waals surface area contributed by atoms with E-state index in [4.69, 9.17) is 4.74 Å². The van der Waals surface area contributed by atoms with Gasteiger partial charge in [-0.05, 0) is 64.3 Å². The Kier molecular flexibility index (Phi) is 7.69. The number of rotatable bonds is 8. The monoisotopic (exact) mass is 363 g/mol. The predicted molar refractivity (Wildman–Crippen MR) is 102 cm³/mol. The van der Waals surface area contributed by atoms with Gasteiger partial charge in [0.15, 0.2) is 0 Å². The van der Waals surface area contributed by atoms with Crippen molar-refractivity contribution in [2.45, 2.75) is 52.9 Å². The summed E-state index contributed by atoms with van der Waals surface area (Å²) >= 11 is 0. The van der Waals surface area contributed by atoms with Crippen molar-refractivity contribution in [1.82, 2.24) is 14.8 Å². The third-order valence-corrected chi connectivity index (χ3v) is 5.35. The number of ether oxygens (including phenoxy) is 1. The number of amides is 1. The van der Waals surface area contributed by atoms with Gasteiger partial charge in [0.05, 0.1) is 6.61 Å². The number of piperidine rings is 1. The lowest BCUT2D eigenvalue weighted by Crippen LogP contribution is -2.37. The van der Waals surface area contributed by atoms with E-state index >= 15 is 0 Å². The second-order valence-electron chi connectivity index (χ2n) is 7.07. The van der Waals surface area contributed by atoms with Gasteiger partial charge in [0.25, 0.3) is 0 Å². The van der Waals surface area contributed by atoms with E-state index in [0.29, 0.717) is 31.7 Å². The Morgan fingerprint density at radius 1 is 1.15 bits per heavy atom. The van der Waals surface area contributed by atoms with Gasteiger partial charge in [0.1, 0.15) is 5.69 Å². The molecule has 0 spiro atoms. The fourth-order valence-electron chi connectivity index (χ4n) is 3.76. The molecule has 0 radical (unpaired) electrons. The summed E-state index contributed by atoms with van der Waals surface area (Å²) in [5.74, 6) is -0.227. The number of carbonyl (C=O) groups excluding carboxylic acids is 2. The molecule has 0 unspecified atom stereocenters. The summed E-state index contributed by atoms with van der Waals surface area (Å²) in [5.41, 5.74) is 3.60. The molecule has 1 aromatic rings.